The molecule has 0 spiro atoms. The maximum Gasteiger partial charge on any atom is 0.326 e. The number of nitrogens with zero attached hydrogens (tertiary/aromatic N) is 1. The summed E-state index contributed by atoms with van der Waals surface area (Å²) in [5.74, 6) is -1.47. The summed E-state index contributed by atoms with van der Waals surface area (Å²) in [4.78, 5) is 31.5. The fraction of sp³-hybridized carbons (Fsp3) is 0.133. The number of carbonyl (C=O) groups excluding carboxylic acids is 1. The van der Waals surface area contributed by atoms with Crippen molar-refractivity contribution in [3.8, 4) is 0 Å². The lowest BCUT2D eigenvalue weighted by Gasteiger charge is -2.13. The highest BCUT2D eigenvalue weighted by atomic mass is 32.1. The standard InChI is InChI=1S/C15H13N3O3S/c19-14(9-3-4-11-12(6-9)17-8-16-11)18-13(15(20)21)7-10-2-1-5-22-10/h1-6,8,13H,7H2,(H,16,17)(H,18,19)(H,20,21)/t13-/m0/s1. The van der Waals surface area contributed by atoms with Crippen LogP contribution in [0.25, 0.3) is 11.0 Å². The number of hydrogen-bond acceptors (Lipinski definition) is 4. The van der Waals surface area contributed by atoms with Crippen molar-refractivity contribution in [1.29, 1.82) is 0 Å². The highest BCUT2D eigenvalue weighted by Gasteiger charge is 2.21. The number of hydrogen-bond donors (Lipinski definition) is 3. The number of fused-ring (bicyclic) bond motifs is 1. The van der Waals surface area contributed by atoms with Crippen LogP contribution < -0.4 is 5.32 Å². The average Bonchev–Trinajstić information content (AvgIpc) is 3.16. The molecule has 3 rings (SSSR count). The Hall–Kier alpha value is -2.67. The van der Waals surface area contributed by atoms with Gasteiger partial charge in [0.2, 0.25) is 0 Å². The Bertz CT molecular complexity index is 810. The van der Waals surface area contributed by atoms with E-state index >= 15 is 0 Å². The topological polar surface area (TPSA) is 95.1 Å². The first-order valence-electron chi connectivity index (χ1n) is 6.62. The van der Waals surface area contributed by atoms with Crippen molar-refractivity contribution >= 4 is 34.2 Å². The zero-order valence-corrected chi connectivity index (χ0v) is 12.3. The van der Waals surface area contributed by atoms with Crippen LogP contribution in [0.5, 0.6) is 0 Å². The zero-order chi connectivity index (χ0) is 15.5. The highest BCUT2D eigenvalue weighted by Crippen LogP contribution is 2.14. The smallest absolute Gasteiger partial charge is 0.326 e. The van der Waals surface area contributed by atoms with Crippen molar-refractivity contribution in [2.24, 2.45) is 0 Å². The van der Waals surface area contributed by atoms with Crippen molar-refractivity contribution in [1.82, 2.24) is 15.3 Å². The van der Waals surface area contributed by atoms with Crippen LogP contribution in [0.1, 0.15) is 15.2 Å². The van der Waals surface area contributed by atoms with Crippen LogP contribution >= 0.6 is 11.3 Å². The summed E-state index contributed by atoms with van der Waals surface area (Å²) in [7, 11) is 0. The van der Waals surface area contributed by atoms with Gasteiger partial charge in [-0.3, -0.25) is 4.79 Å². The fourth-order valence-electron chi connectivity index (χ4n) is 2.15. The predicted molar refractivity (Wildman–Crippen MR) is 83.0 cm³/mol. The van der Waals surface area contributed by atoms with Crippen LogP contribution in [0, 0.1) is 0 Å². The molecule has 7 heteroatoms. The van der Waals surface area contributed by atoms with Crippen molar-refractivity contribution in [3.63, 3.8) is 0 Å². The van der Waals surface area contributed by atoms with E-state index in [2.05, 4.69) is 15.3 Å². The minimum Gasteiger partial charge on any atom is -0.480 e. The fourth-order valence-corrected chi connectivity index (χ4v) is 2.90. The van der Waals surface area contributed by atoms with Crippen molar-refractivity contribution < 1.29 is 14.7 Å². The van der Waals surface area contributed by atoms with Gasteiger partial charge in [-0.2, -0.15) is 0 Å². The van der Waals surface area contributed by atoms with Crippen LogP contribution in [-0.4, -0.2) is 33.0 Å². The molecule has 0 aliphatic rings. The summed E-state index contributed by atoms with van der Waals surface area (Å²) < 4.78 is 0. The summed E-state index contributed by atoms with van der Waals surface area (Å²) in [6.45, 7) is 0. The second kappa shape index (κ2) is 5.98. The summed E-state index contributed by atoms with van der Waals surface area (Å²) >= 11 is 1.47. The summed E-state index contributed by atoms with van der Waals surface area (Å²) in [5.41, 5.74) is 1.89. The molecule has 6 nitrogen and oxygen atoms in total. The van der Waals surface area contributed by atoms with E-state index in [1.165, 1.54) is 11.3 Å². The number of carboxylic acid groups (broad SMARTS) is 1. The zero-order valence-electron chi connectivity index (χ0n) is 11.4. The third-order valence-electron chi connectivity index (χ3n) is 3.27. The molecule has 0 saturated heterocycles. The normalized spacial score (nSPS) is 12.2. The first-order valence-corrected chi connectivity index (χ1v) is 7.50. The molecule has 0 fully saturated rings. The van der Waals surface area contributed by atoms with Gasteiger partial charge in [0.15, 0.2) is 0 Å². The van der Waals surface area contributed by atoms with Crippen LogP contribution in [0.4, 0.5) is 0 Å². The van der Waals surface area contributed by atoms with Crippen LogP contribution in [-0.2, 0) is 11.2 Å². The average molecular weight is 315 g/mol. The van der Waals surface area contributed by atoms with Gasteiger partial charge >= 0.3 is 5.97 Å². The van der Waals surface area contributed by atoms with Crippen LogP contribution in [0.15, 0.2) is 42.0 Å². The number of amides is 1. The van der Waals surface area contributed by atoms with Crippen LogP contribution in [0.2, 0.25) is 0 Å². The molecule has 3 N–H and O–H groups in total. The number of aliphatic carboxylic acids is 1. The first kappa shape index (κ1) is 14.3. The molecule has 2 aromatic heterocycles. The minimum atomic E-state index is -1.05. The van der Waals surface area contributed by atoms with Gasteiger partial charge < -0.3 is 15.4 Å². The number of imidazole rings is 1. The maximum absolute atomic E-state index is 12.2. The molecule has 2 heterocycles. The minimum absolute atomic E-state index is 0.269. The van der Waals surface area contributed by atoms with E-state index in [1.54, 1.807) is 24.5 Å². The molecule has 112 valence electrons. The van der Waals surface area contributed by atoms with Crippen LogP contribution in [0.3, 0.4) is 0 Å². The third kappa shape index (κ3) is 2.99. The van der Waals surface area contributed by atoms with Crippen molar-refractivity contribution in [2.75, 3.05) is 0 Å². The van der Waals surface area contributed by atoms with Gasteiger partial charge in [0.1, 0.15) is 6.04 Å². The lowest BCUT2D eigenvalue weighted by molar-refractivity contribution is -0.139. The van der Waals surface area contributed by atoms with Gasteiger partial charge in [0, 0.05) is 16.9 Å². The number of benzene rings is 1. The molecule has 0 aliphatic heterocycles. The molecular weight excluding hydrogens is 302 g/mol. The molecule has 0 radical (unpaired) electrons. The van der Waals surface area contributed by atoms with E-state index in [1.807, 2.05) is 17.5 Å². The van der Waals surface area contributed by atoms with Gasteiger partial charge in [-0.25, -0.2) is 9.78 Å². The summed E-state index contributed by atoms with van der Waals surface area (Å²) in [6, 6.07) is 7.75. The highest BCUT2D eigenvalue weighted by molar-refractivity contribution is 7.09. The molecular formula is C15H13N3O3S. The lowest BCUT2D eigenvalue weighted by atomic mass is 10.1. The number of aromatic nitrogens is 2. The van der Waals surface area contributed by atoms with E-state index in [-0.39, 0.29) is 6.42 Å². The molecule has 22 heavy (non-hydrogen) atoms. The SMILES string of the molecule is O=C(N[C@@H](Cc1cccs1)C(=O)O)c1ccc2nc[nH]c2c1. The van der Waals surface area contributed by atoms with E-state index in [0.717, 1.165) is 15.9 Å². The number of carbonyl (C=O) groups is 2. The Morgan fingerprint density at radius 3 is 2.95 bits per heavy atom. The van der Waals surface area contributed by atoms with E-state index in [4.69, 9.17) is 0 Å². The summed E-state index contributed by atoms with van der Waals surface area (Å²) in [6.07, 6.45) is 1.81. The quantitative estimate of drug-likeness (QED) is 0.671. The Balaban J connectivity index is 1.76. The number of carboxylic acids is 1. The van der Waals surface area contributed by atoms with E-state index < -0.39 is 17.9 Å². The molecule has 0 bridgehead atoms. The molecule has 1 aromatic carbocycles. The Kier molecular flexibility index (Phi) is 3.88. The number of rotatable bonds is 5. The third-order valence-corrected chi connectivity index (χ3v) is 4.17. The number of H-pyrrole nitrogens is 1. The van der Waals surface area contributed by atoms with Gasteiger partial charge in [-0.15, -0.1) is 11.3 Å². The second-order valence-electron chi connectivity index (χ2n) is 4.78. The maximum atomic E-state index is 12.2. The first-order chi connectivity index (χ1) is 10.6. The van der Waals surface area contributed by atoms with Gasteiger partial charge in [-0.1, -0.05) is 6.07 Å². The Morgan fingerprint density at radius 2 is 2.23 bits per heavy atom. The molecule has 0 aliphatic carbocycles. The van der Waals surface area contributed by atoms with E-state index in [0.29, 0.717) is 5.56 Å². The van der Waals surface area contributed by atoms with Gasteiger partial charge in [0.25, 0.3) is 5.91 Å². The Morgan fingerprint density at radius 1 is 1.36 bits per heavy atom. The number of thiophene rings is 1. The predicted octanol–water partition coefficient (Wildman–Crippen LogP) is 2.05. The van der Waals surface area contributed by atoms with Gasteiger partial charge in [0.05, 0.1) is 17.4 Å². The number of nitrogens with one attached hydrogen (secondary N) is 2. The monoisotopic (exact) mass is 315 g/mol. The molecule has 0 saturated carbocycles. The Labute approximate surface area is 129 Å². The van der Waals surface area contributed by atoms with Crippen molar-refractivity contribution in [3.05, 3.63) is 52.5 Å². The molecule has 1 atom stereocenters. The summed E-state index contributed by atoms with van der Waals surface area (Å²) in [5, 5.41) is 13.7. The number of aromatic amines is 1. The molecule has 1 amide bonds. The van der Waals surface area contributed by atoms with Gasteiger partial charge in [-0.05, 0) is 29.6 Å². The molecule has 3 aromatic rings. The lowest BCUT2D eigenvalue weighted by Crippen LogP contribution is -2.42. The molecule has 0 unspecified atom stereocenters. The second-order valence-corrected chi connectivity index (χ2v) is 5.81. The largest absolute Gasteiger partial charge is 0.480 e. The van der Waals surface area contributed by atoms with Crippen molar-refractivity contribution in [2.45, 2.75) is 12.5 Å². The van der Waals surface area contributed by atoms with E-state index in [9.17, 15) is 14.7 Å².